The Hall–Kier alpha value is -3.15. The Morgan fingerprint density at radius 1 is 1.12 bits per heavy atom. The third kappa shape index (κ3) is 4.39. The highest BCUT2D eigenvalue weighted by Gasteiger charge is 2.47. The summed E-state index contributed by atoms with van der Waals surface area (Å²) >= 11 is 0. The number of aryl methyl sites for hydroxylation is 1. The summed E-state index contributed by atoms with van der Waals surface area (Å²) in [5.41, 5.74) is 1.45. The molecule has 2 aliphatic rings. The lowest BCUT2D eigenvalue weighted by atomic mass is 9.91. The first-order chi connectivity index (χ1) is 15.6. The standard InChI is InChI=1S/C21H23F3N4O5/c1-26-16-11-13(10-12-6-8-25-9-7-12)2-3-14(16)27(20(26)32)15-4-5-17(29)28(18(15)30)33-19(31)21(22,23)24/h2-3,11-12,15,25H,4-10H2,1H3. The SMILES string of the molecule is Cn1c(=O)n(C2CCC(=O)N(OC(=O)C(F)(F)F)C2=O)c2ccc(CC3CCNCC3)cc21. The molecule has 33 heavy (non-hydrogen) atoms. The van der Waals surface area contributed by atoms with Crippen molar-refractivity contribution in [3.8, 4) is 0 Å². The second kappa shape index (κ2) is 8.65. The van der Waals surface area contributed by atoms with Gasteiger partial charge in [0, 0.05) is 13.5 Å². The number of imidazole rings is 1. The number of halogens is 3. The average Bonchev–Trinajstić information content (AvgIpc) is 3.01. The summed E-state index contributed by atoms with van der Waals surface area (Å²) in [6.07, 6.45) is -2.90. The van der Waals surface area contributed by atoms with Crippen LogP contribution in [0.25, 0.3) is 11.0 Å². The van der Waals surface area contributed by atoms with Crippen LogP contribution >= 0.6 is 0 Å². The molecule has 1 aromatic carbocycles. The predicted octanol–water partition coefficient (Wildman–Crippen LogP) is 1.59. The van der Waals surface area contributed by atoms with E-state index in [2.05, 4.69) is 10.2 Å². The molecule has 0 spiro atoms. The number of piperidine rings is 2. The first-order valence-electron chi connectivity index (χ1n) is 10.6. The maximum absolute atomic E-state index is 13.0. The molecule has 1 aromatic heterocycles. The Kier molecular flexibility index (Phi) is 6.04. The molecule has 12 heteroatoms. The molecule has 1 N–H and O–H groups in total. The van der Waals surface area contributed by atoms with E-state index in [9.17, 15) is 32.3 Å². The van der Waals surface area contributed by atoms with Crippen molar-refractivity contribution in [3.63, 3.8) is 0 Å². The van der Waals surface area contributed by atoms with Crippen LogP contribution in [0.3, 0.4) is 0 Å². The summed E-state index contributed by atoms with van der Waals surface area (Å²) in [7, 11) is 1.54. The van der Waals surface area contributed by atoms with Crippen LogP contribution in [0.1, 0.15) is 37.3 Å². The third-order valence-corrected chi connectivity index (χ3v) is 6.20. The van der Waals surface area contributed by atoms with Crippen molar-refractivity contribution in [2.45, 2.75) is 44.3 Å². The van der Waals surface area contributed by atoms with Gasteiger partial charge in [-0.1, -0.05) is 6.07 Å². The molecule has 178 valence electrons. The molecular formula is C21H23F3N4O5. The van der Waals surface area contributed by atoms with Gasteiger partial charge in [0.2, 0.25) is 0 Å². The Labute approximate surface area is 186 Å². The number of nitrogens with one attached hydrogen (secondary N) is 1. The molecule has 0 aliphatic carbocycles. The largest absolute Gasteiger partial charge is 0.493 e. The molecule has 3 heterocycles. The summed E-state index contributed by atoms with van der Waals surface area (Å²) in [6, 6.07) is 4.15. The van der Waals surface area contributed by atoms with Crippen molar-refractivity contribution in [3.05, 3.63) is 34.2 Å². The van der Waals surface area contributed by atoms with Crippen molar-refractivity contribution < 1.29 is 32.4 Å². The van der Waals surface area contributed by atoms with Crippen LogP contribution < -0.4 is 11.0 Å². The maximum Gasteiger partial charge on any atom is 0.493 e. The fourth-order valence-corrected chi connectivity index (χ4v) is 4.47. The van der Waals surface area contributed by atoms with Crippen molar-refractivity contribution in [2.75, 3.05) is 13.1 Å². The van der Waals surface area contributed by atoms with E-state index in [1.807, 2.05) is 12.1 Å². The highest BCUT2D eigenvalue weighted by molar-refractivity contribution is 6.00. The van der Waals surface area contributed by atoms with Gasteiger partial charge in [0.1, 0.15) is 6.04 Å². The lowest BCUT2D eigenvalue weighted by molar-refractivity contribution is -0.238. The topological polar surface area (TPSA) is 103 Å². The van der Waals surface area contributed by atoms with Gasteiger partial charge >= 0.3 is 17.8 Å². The predicted molar refractivity (Wildman–Crippen MR) is 109 cm³/mol. The van der Waals surface area contributed by atoms with Crippen molar-refractivity contribution >= 4 is 28.8 Å². The van der Waals surface area contributed by atoms with E-state index in [-0.39, 0.29) is 17.9 Å². The van der Waals surface area contributed by atoms with Crippen LogP contribution in [-0.4, -0.2) is 51.2 Å². The van der Waals surface area contributed by atoms with Gasteiger partial charge < -0.3 is 10.2 Å². The molecule has 2 saturated heterocycles. The van der Waals surface area contributed by atoms with Gasteiger partial charge in [-0.2, -0.15) is 13.2 Å². The molecule has 2 aromatic rings. The van der Waals surface area contributed by atoms with Crippen LogP contribution in [0.4, 0.5) is 13.2 Å². The first kappa shape index (κ1) is 23.0. The molecule has 0 saturated carbocycles. The van der Waals surface area contributed by atoms with Gasteiger partial charge in [-0.3, -0.25) is 18.7 Å². The van der Waals surface area contributed by atoms with Crippen molar-refractivity contribution in [2.24, 2.45) is 13.0 Å². The molecule has 1 atom stereocenters. The number of rotatable bonds is 4. The lowest BCUT2D eigenvalue weighted by Crippen LogP contribution is -2.49. The second-order valence-electron chi connectivity index (χ2n) is 8.39. The number of hydroxylamine groups is 2. The van der Waals surface area contributed by atoms with E-state index in [0.29, 0.717) is 17.0 Å². The number of nitrogens with zero attached hydrogens (tertiary/aromatic N) is 3. The van der Waals surface area contributed by atoms with E-state index < -0.39 is 35.7 Å². The minimum atomic E-state index is -5.38. The number of carbonyl (C=O) groups is 3. The van der Waals surface area contributed by atoms with E-state index in [4.69, 9.17) is 0 Å². The minimum absolute atomic E-state index is 0.104. The Balaban J connectivity index is 1.65. The van der Waals surface area contributed by atoms with E-state index in [1.165, 1.54) is 11.6 Å². The molecule has 4 rings (SSSR count). The molecule has 0 bridgehead atoms. The molecule has 1 unspecified atom stereocenters. The van der Waals surface area contributed by atoms with Gasteiger partial charge in [0.15, 0.2) is 0 Å². The number of alkyl halides is 3. The molecule has 2 fully saturated rings. The summed E-state index contributed by atoms with van der Waals surface area (Å²) in [6.45, 7) is 1.92. The van der Waals surface area contributed by atoms with E-state index >= 15 is 0 Å². The van der Waals surface area contributed by atoms with Crippen LogP contribution in [0.5, 0.6) is 0 Å². The number of benzene rings is 1. The van der Waals surface area contributed by atoms with E-state index in [0.717, 1.165) is 42.5 Å². The lowest BCUT2D eigenvalue weighted by Gasteiger charge is -2.29. The van der Waals surface area contributed by atoms with Crippen molar-refractivity contribution in [1.82, 2.24) is 19.5 Å². The third-order valence-electron chi connectivity index (χ3n) is 6.20. The van der Waals surface area contributed by atoms with Crippen molar-refractivity contribution in [1.29, 1.82) is 0 Å². The van der Waals surface area contributed by atoms with Crippen LogP contribution in [-0.2, 0) is 32.7 Å². The molecule has 2 aliphatic heterocycles. The first-order valence-corrected chi connectivity index (χ1v) is 10.6. The van der Waals surface area contributed by atoms with Crippen LogP contribution in [0.2, 0.25) is 0 Å². The number of aromatic nitrogens is 2. The monoisotopic (exact) mass is 468 g/mol. The minimum Gasteiger partial charge on any atom is -0.321 e. The fourth-order valence-electron chi connectivity index (χ4n) is 4.47. The molecule has 9 nitrogen and oxygen atoms in total. The molecule has 2 amide bonds. The second-order valence-corrected chi connectivity index (χ2v) is 8.39. The highest BCUT2D eigenvalue weighted by Crippen LogP contribution is 2.29. The average molecular weight is 468 g/mol. The van der Waals surface area contributed by atoms with Crippen LogP contribution in [0.15, 0.2) is 23.0 Å². The number of amides is 2. The Bertz CT molecular complexity index is 1160. The van der Waals surface area contributed by atoms with Gasteiger partial charge in [-0.25, -0.2) is 9.59 Å². The summed E-state index contributed by atoms with van der Waals surface area (Å²) in [4.78, 5) is 53.0. The smallest absolute Gasteiger partial charge is 0.321 e. The summed E-state index contributed by atoms with van der Waals surface area (Å²) in [5, 5.41) is 3.14. The number of fused-ring (bicyclic) bond motifs is 1. The summed E-state index contributed by atoms with van der Waals surface area (Å²) < 4.78 is 40.2. The molecular weight excluding hydrogens is 445 g/mol. The highest BCUT2D eigenvalue weighted by atomic mass is 19.4. The Morgan fingerprint density at radius 2 is 1.82 bits per heavy atom. The van der Waals surface area contributed by atoms with Gasteiger partial charge in [-0.05, 0) is 62.4 Å². The number of hydrogen-bond donors (Lipinski definition) is 1. The van der Waals surface area contributed by atoms with E-state index in [1.54, 1.807) is 6.07 Å². The maximum atomic E-state index is 13.0. The molecule has 0 radical (unpaired) electrons. The summed E-state index contributed by atoms with van der Waals surface area (Å²) in [5.74, 6) is -4.44. The normalized spacial score (nSPS) is 20.5. The van der Waals surface area contributed by atoms with Gasteiger partial charge in [-0.15, -0.1) is 5.06 Å². The van der Waals surface area contributed by atoms with Gasteiger partial charge in [0.25, 0.3) is 11.8 Å². The number of imide groups is 1. The zero-order valence-electron chi connectivity index (χ0n) is 17.9. The zero-order chi connectivity index (χ0) is 23.9. The number of carbonyl (C=O) groups excluding carboxylic acids is 3. The Morgan fingerprint density at radius 3 is 2.48 bits per heavy atom. The fraction of sp³-hybridized carbons (Fsp3) is 0.524. The van der Waals surface area contributed by atoms with Gasteiger partial charge in [0.05, 0.1) is 11.0 Å². The quantitative estimate of drug-likeness (QED) is 0.684. The zero-order valence-corrected chi connectivity index (χ0v) is 17.9. The van der Waals surface area contributed by atoms with Crippen LogP contribution in [0, 0.1) is 5.92 Å². The number of hydrogen-bond acceptors (Lipinski definition) is 6.